The number of aldehydes is 1. The van der Waals surface area contributed by atoms with Crippen LogP contribution in [0.15, 0.2) is 24.3 Å². The van der Waals surface area contributed by atoms with E-state index in [0.717, 1.165) is 6.29 Å². The Kier molecular flexibility index (Phi) is 2.44. The molecule has 0 heterocycles. The first-order valence-electron chi connectivity index (χ1n) is 4.45. The topological polar surface area (TPSA) is 37.3 Å². The molecule has 2 unspecified atom stereocenters. The molecule has 72 valence electrons. The summed E-state index contributed by atoms with van der Waals surface area (Å²) in [5.74, 6) is -0.433. The molecule has 0 bridgehead atoms. The fraction of sp³-hybridized carbons (Fsp3) is 0.545. The number of allylic oxidation sites excluding steroid dienone is 2. The van der Waals surface area contributed by atoms with Gasteiger partial charge >= 0.3 is 0 Å². The highest BCUT2D eigenvalue weighted by Gasteiger charge is 2.44. The molecule has 13 heavy (non-hydrogen) atoms. The molecule has 0 radical (unpaired) electrons. The molecule has 2 atom stereocenters. The van der Waals surface area contributed by atoms with E-state index in [2.05, 4.69) is 0 Å². The number of hydrogen-bond acceptors (Lipinski definition) is 2. The zero-order valence-corrected chi connectivity index (χ0v) is 8.32. The fourth-order valence-electron chi connectivity index (χ4n) is 1.54. The second-order valence-electron chi connectivity index (χ2n) is 4.48. The lowest BCUT2D eigenvalue weighted by Crippen LogP contribution is -2.48. The molecule has 1 N–H and O–H groups in total. The minimum Gasteiger partial charge on any atom is -0.384 e. The van der Waals surface area contributed by atoms with Crippen LogP contribution < -0.4 is 0 Å². The van der Waals surface area contributed by atoms with Gasteiger partial charge in [-0.15, -0.1) is 0 Å². The van der Waals surface area contributed by atoms with Gasteiger partial charge in [0.15, 0.2) is 0 Å². The molecule has 0 spiro atoms. The predicted octanol–water partition coefficient (Wildman–Crippen LogP) is 1.70. The van der Waals surface area contributed by atoms with Gasteiger partial charge in [-0.25, -0.2) is 0 Å². The summed E-state index contributed by atoms with van der Waals surface area (Å²) in [6.45, 7) is 5.77. The highest BCUT2D eigenvalue weighted by molar-refractivity contribution is 5.61. The Bertz CT molecular complexity index is 258. The van der Waals surface area contributed by atoms with Gasteiger partial charge in [-0.05, 0) is 5.41 Å². The molecule has 0 aromatic heterocycles. The summed E-state index contributed by atoms with van der Waals surface area (Å²) in [6.07, 6.45) is 7.81. The SMILES string of the molecule is CC(C)(C)C1(O)C=CC=CC1C=O. The van der Waals surface area contributed by atoms with Gasteiger partial charge in [-0.3, -0.25) is 0 Å². The summed E-state index contributed by atoms with van der Waals surface area (Å²) >= 11 is 0. The molecule has 1 rings (SSSR count). The summed E-state index contributed by atoms with van der Waals surface area (Å²) < 4.78 is 0. The van der Waals surface area contributed by atoms with Crippen LogP contribution in [0, 0.1) is 11.3 Å². The minimum absolute atomic E-state index is 0.333. The van der Waals surface area contributed by atoms with Crippen molar-refractivity contribution in [2.45, 2.75) is 26.4 Å². The summed E-state index contributed by atoms with van der Waals surface area (Å²) in [5.41, 5.74) is -1.39. The number of carbonyl (C=O) groups is 1. The van der Waals surface area contributed by atoms with Gasteiger partial charge in [-0.1, -0.05) is 45.1 Å². The van der Waals surface area contributed by atoms with Crippen LogP contribution in [0.2, 0.25) is 0 Å². The van der Waals surface area contributed by atoms with Crippen molar-refractivity contribution in [2.24, 2.45) is 11.3 Å². The Balaban J connectivity index is 3.07. The van der Waals surface area contributed by atoms with Crippen molar-refractivity contribution in [1.82, 2.24) is 0 Å². The predicted molar refractivity (Wildman–Crippen MR) is 52.2 cm³/mol. The van der Waals surface area contributed by atoms with E-state index in [-0.39, 0.29) is 5.41 Å². The van der Waals surface area contributed by atoms with Crippen LogP contribution in [0.3, 0.4) is 0 Å². The Morgan fingerprint density at radius 1 is 1.38 bits per heavy atom. The molecule has 0 fully saturated rings. The molecule has 2 heteroatoms. The van der Waals surface area contributed by atoms with E-state index in [1.54, 1.807) is 24.3 Å². The lowest BCUT2D eigenvalue weighted by Gasteiger charge is -2.41. The third-order valence-electron chi connectivity index (χ3n) is 2.64. The molecule has 0 amide bonds. The van der Waals surface area contributed by atoms with Crippen LogP contribution in [0.5, 0.6) is 0 Å². The third kappa shape index (κ3) is 1.59. The first-order chi connectivity index (χ1) is 5.92. The molecule has 0 aromatic rings. The van der Waals surface area contributed by atoms with Crippen molar-refractivity contribution in [3.05, 3.63) is 24.3 Å². The van der Waals surface area contributed by atoms with E-state index in [4.69, 9.17) is 0 Å². The molecule has 1 aliphatic rings. The van der Waals surface area contributed by atoms with Gasteiger partial charge in [0, 0.05) is 0 Å². The van der Waals surface area contributed by atoms with Gasteiger partial charge in [0.2, 0.25) is 0 Å². The maximum atomic E-state index is 10.8. The van der Waals surface area contributed by atoms with Crippen molar-refractivity contribution >= 4 is 6.29 Å². The normalized spacial score (nSPS) is 33.4. The van der Waals surface area contributed by atoms with Crippen LogP contribution in [0.1, 0.15) is 20.8 Å². The van der Waals surface area contributed by atoms with E-state index in [1.807, 2.05) is 20.8 Å². The Morgan fingerprint density at radius 3 is 2.38 bits per heavy atom. The summed E-state index contributed by atoms with van der Waals surface area (Å²) in [7, 11) is 0. The number of hydrogen-bond donors (Lipinski definition) is 1. The quantitative estimate of drug-likeness (QED) is 0.624. The first-order valence-corrected chi connectivity index (χ1v) is 4.45. The first kappa shape index (κ1) is 10.2. The molecule has 0 saturated heterocycles. The molecular weight excluding hydrogens is 164 g/mol. The van der Waals surface area contributed by atoms with E-state index in [1.165, 1.54) is 0 Å². The summed E-state index contributed by atoms with van der Waals surface area (Å²) in [5, 5.41) is 10.3. The zero-order valence-electron chi connectivity index (χ0n) is 8.32. The van der Waals surface area contributed by atoms with Gasteiger partial charge in [0.25, 0.3) is 0 Å². The Hall–Kier alpha value is -0.890. The average Bonchev–Trinajstić information content (AvgIpc) is 2.03. The maximum Gasteiger partial charge on any atom is 0.130 e. The lowest BCUT2D eigenvalue weighted by atomic mass is 9.68. The molecular formula is C11H16O2. The van der Waals surface area contributed by atoms with Crippen LogP contribution in [0.4, 0.5) is 0 Å². The molecule has 2 nitrogen and oxygen atoms in total. The Morgan fingerprint density at radius 2 is 2.00 bits per heavy atom. The second-order valence-corrected chi connectivity index (χ2v) is 4.48. The van der Waals surface area contributed by atoms with Crippen molar-refractivity contribution in [3.63, 3.8) is 0 Å². The van der Waals surface area contributed by atoms with Crippen LogP contribution in [0.25, 0.3) is 0 Å². The molecule has 0 saturated carbocycles. The monoisotopic (exact) mass is 180 g/mol. The standard InChI is InChI=1S/C11H16O2/c1-10(2,3)11(13)7-5-4-6-9(11)8-12/h4-9,13H,1-3H3. The highest BCUT2D eigenvalue weighted by Crippen LogP contribution is 2.39. The minimum atomic E-state index is -1.05. The van der Waals surface area contributed by atoms with E-state index in [0.29, 0.717) is 0 Å². The van der Waals surface area contributed by atoms with Crippen molar-refractivity contribution in [3.8, 4) is 0 Å². The number of aliphatic hydroxyl groups is 1. The van der Waals surface area contributed by atoms with E-state index >= 15 is 0 Å². The Labute approximate surface area is 79.0 Å². The van der Waals surface area contributed by atoms with Crippen LogP contribution in [-0.2, 0) is 4.79 Å². The van der Waals surface area contributed by atoms with Crippen molar-refractivity contribution in [2.75, 3.05) is 0 Å². The van der Waals surface area contributed by atoms with E-state index < -0.39 is 11.5 Å². The second kappa shape index (κ2) is 3.11. The van der Waals surface area contributed by atoms with Gasteiger partial charge in [-0.2, -0.15) is 0 Å². The third-order valence-corrected chi connectivity index (χ3v) is 2.64. The zero-order chi connectivity index (χ0) is 10.1. The van der Waals surface area contributed by atoms with Crippen LogP contribution >= 0.6 is 0 Å². The van der Waals surface area contributed by atoms with Gasteiger partial charge in [0.05, 0.1) is 5.92 Å². The van der Waals surface area contributed by atoms with Gasteiger partial charge in [0.1, 0.15) is 11.9 Å². The van der Waals surface area contributed by atoms with Crippen LogP contribution in [-0.4, -0.2) is 17.0 Å². The number of rotatable bonds is 1. The fourth-order valence-corrected chi connectivity index (χ4v) is 1.54. The smallest absolute Gasteiger partial charge is 0.130 e. The number of carbonyl (C=O) groups excluding carboxylic acids is 1. The molecule has 1 aliphatic carbocycles. The summed E-state index contributed by atoms with van der Waals surface area (Å²) in [4.78, 5) is 10.8. The molecule has 0 aliphatic heterocycles. The lowest BCUT2D eigenvalue weighted by molar-refractivity contribution is -0.121. The largest absolute Gasteiger partial charge is 0.384 e. The van der Waals surface area contributed by atoms with Crippen molar-refractivity contribution in [1.29, 1.82) is 0 Å². The van der Waals surface area contributed by atoms with E-state index in [9.17, 15) is 9.90 Å². The van der Waals surface area contributed by atoms with Gasteiger partial charge < -0.3 is 9.90 Å². The molecule has 0 aromatic carbocycles. The summed E-state index contributed by atoms with van der Waals surface area (Å²) in [6, 6.07) is 0. The maximum absolute atomic E-state index is 10.8. The van der Waals surface area contributed by atoms with Crippen molar-refractivity contribution < 1.29 is 9.90 Å². The highest BCUT2D eigenvalue weighted by atomic mass is 16.3. The average molecular weight is 180 g/mol.